The van der Waals surface area contributed by atoms with Crippen LogP contribution in [0.1, 0.15) is 18.7 Å². The van der Waals surface area contributed by atoms with Crippen LogP contribution < -0.4 is 22.8 Å². The van der Waals surface area contributed by atoms with Crippen molar-refractivity contribution in [2.75, 3.05) is 37.0 Å². The normalized spacial score (nSPS) is 30.7. The number of fused-ring (bicyclic) bond motifs is 3. The molecule has 0 aliphatic carbocycles. The summed E-state index contributed by atoms with van der Waals surface area (Å²) in [6.07, 6.45) is -16.0. The Morgan fingerprint density at radius 3 is 1.47 bits per heavy atom. The Kier molecular flexibility index (Phi) is 12.7. The SMILES string of the molecule is Nc1nc2c(ncn2[C@@H]2O[C@H](COP(=O)(O)O[C@H]3[C@@H](O)[C@H](n4cnc5c(N)ncnc54)O[C@@H]3CO)[C@@H](OP(=O)(O)OC[C@H]3O[C@@H](n4cnc5c(N)ncnc54)[C@H](O)[C@@H]3OP(=O)(O)O)[C@H]2O)c(=O)[nH]1. The highest BCUT2D eigenvalue weighted by Crippen LogP contribution is 2.53. The number of hydrogen-bond acceptors (Lipinski definition) is 27. The Morgan fingerprint density at radius 2 is 1.01 bits per heavy atom. The second-order valence-electron chi connectivity index (χ2n) is 15.0. The second-order valence-corrected chi connectivity index (χ2v) is 19.0. The first-order chi connectivity index (χ1) is 32.1. The standard InChI is InChI=1S/C30H38N15O20P3/c31-21-12-23(36-4-34-21)43(6-38-12)27-15(47)18(9(1-46)60-27)64-67(54,55)59-3-11-20(17(49)29(62-11)45-8-40-14-25(45)41-30(33)42-26(14)50)65-68(56,57)58-2-10-19(63-66(51,52)53)16(48)28(61-10)44-7-39-13-22(32)35-5-37-24(13)44/h4-11,15-20,27-29,46-49H,1-3H2,(H,54,55)(H,56,57)(H2,31,34,36)(H2,32,35,37)(H2,51,52,53)(H3,33,41,42,50)/t9-,10-,11-,15-,16-,17-,18-,19-,20-,27-,28-,29-/m1/s1. The van der Waals surface area contributed by atoms with E-state index in [0.717, 1.165) is 34.4 Å². The first-order valence-electron chi connectivity index (χ1n) is 19.4. The number of nitrogen functional groups attached to an aromatic ring is 3. The summed E-state index contributed by atoms with van der Waals surface area (Å²) in [6.45, 7) is -3.10. The molecule has 0 bridgehead atoms. The molecular formula is C30H38N15O20P3. The van der Waals surface area contributed by atoms with Gasteiger partial charge in [0.15, 0.2) is 52.8 Å². The van der Waals surface area contributed by atoms with E-state index >= 15 is 0 Å². The smallest absolute Gasteiger partial charge is 0.394 e. The summed E-state index contributed by atoms with van der Waals surface area (Å²) < 4.78 is 85.7. The number of imidazole rings is 3. The van der Waals surface area contributed by atoms with Crippen molar-refractivity contribution in [3.05, 3.63) is 42.0 Å². The molecule has 9 heterocycles. The monoisotopic (exact) mass is 1020 g/mol. The number of H-pyrrole nitrogens is 1. The fraction of sp³-hybridized carbons (Fsp3) is 0.500. The predicted molar refractivity (Wildman–Crippen MR) is 217 cm³/mol. The van der Waals surface area contributed by atoms with Gasteiger partial charge in [-0.3, -0.25) is 46.1 Å². The number of anilines is 3. The number of ether oxygens (including phenoxy) is 3. The van der Waals surface area contributed by atoms with E-state index in [-0.39, 0.29) is 45.1 Å². The molecule has 3 aliphatic heterocycles. The third kappa shape index (κ3) is 9.11. The second kappa shape index (κ2) is 18.0. The lowest BCUT2D eigenvalue weighted by Crippen LogP contribution is -2.38. The molecule has 9 rings (SSSR count). The number of nitrogens with zero attached hydrogens (tertiary/aromatic N) is 11. The Morgan fingerprint density at radius 1 is 0.603 bits per heavy atom. The zero-order valence-corrected chi connectivity index (χ0v) is 36.6. The molecule has 38 heteroatoms. The summed E-state index contributed by atoms with van der Waals surface area (Å²) in [7, 11) is -16.4. The average Bonchev–Trinajstić information content (AvgIpc) is 4.13. The number of phosphoric acid groups is 3. The number of aliphatic hydroxyl groups excluding tert-OH is 4. The van der Waals surface area contributed by atoms with Crippen molar-refractivity contribution in [3.8, 4) is 0 Å². The Labute approximate surface area is 375 Å². The van der Waals surface area contributed by atoms with E-state index in [9.17, 15) is 58.5 Å². The van der Waals surface area contributed by atoms with Gasteiger partial charge in [0.05, 0.1) is 38.8 Å². The van der Waals surface area contributed by atoms with Gasteiger partial charge < -0.3 is 71.4 Å². The summed E-state index contributed by atoms with van der Waals surface area (Å²) in [6, 6.07) is 0. The lowest BCUT2D eigenvalue weighted by molar-refractivity contribution is -0.0616. The Hall–Kier alpha value is -5.10. The van der Waals surface area contributed by atoms with Crippen LogP contribution >= 0.6 is 23.5 Å². The molecule has 368 valence electrons. The van der Waals surface area contributed by atoms with E-state index in [4.69, 9.17) is 54.0 Å². The van der Waals surface area contributed by atoms with Crippen LogP contribution in [-0.4, -0.2) is 173 Å². The zero-order chi connectivity index (χ0) is 48.6. The highest BCUT2D eigenvalue weighted by molar-refractivity contribution is 7.47. The van der Waals surface area contributed by atoms with Crippen molar-refractivity contribution < 1.29 is 90.5 Å². The van der Waals surface area contributed by atoms with Crippen LogP contribution in [0, 0.1) is 0 Å². The number of phosphoric ester groups is 3. The highest BCUT2D eigenvalue weighted by Gasteiger charge is 2.54. The number of aliphatic hydroxyl groups is 4. The number of nitrogens with one attached hydrogen (secondary N) is 1. The molecule has 15 N–H and O–H groups in total. The molecule has 3 saturated heterocycles. The fourth-order valence-electron chi connectivity index (χ4n) is 7.76. The molecule has 6 aromatic heterocycles. The lowest BCUT2D eigenvalue weighted by atomic mass is 10.1. The first kappa shape index (κ1) is 47.9. The van der Waals surface area contributed by atoms with Crippen LogP contribution in [0.25, 0.3) is 33.5 Å². The zero-order valence-electron chi connectivity index (χ0n) is 33.9. The molecular weight excluding hydrogens is 983 g/mol. The average molecular weight is 1020 g/mol. The number of nitrogens with two attached hydrogens (primary N) is 3. The largest absolute Gasteiger partial charge is 0.472 e. The molecule has 35 nitrogen and oxygen atoms in total. The van der Waals surface area contributed by atoms with Crippen molar-refractivity contribution in [2.45, 2.75) is 73.6 Å². The summed E-state index contributed by atoms with van der Waals surface area (Å²) in [5.74, 6) is -0.466. The van der Waals surface area contributed by atoms with Gasteiger partial charge >= 0.3 is 23.5 Å². The van der Waals surface area contributed by atoms with Crippen LogP contribution in [-0.2, 0) is 50.5 Å². The maximum atomic E-state index is 13.7. The van der Waals surface area contributed by atoms with E-state index in [0.29, 0.717) is 0 Å². The maximum Gasteiger partial charge on any atom is 0.472 e. The van der Waals surface area contributed by atoms with Gasteiger partial charge in [-0.05, 0) is 0 Å². The summed E-state index contributed by atoms with van der Waals surface area (Å²) in [5, 5.41) is 44.1. The molecule has 0 spiro atoms. The highest BCUT2D eigenvalue weighted by atomic mass is 31.2. The molecule has 68 heavy (non-hydrogen) atoms. The molecule has 0 radical (unpaired) electrons. The Bertz CT molecular complexity index is 3060. The molecule has 6 aromatic rings. The van der Waals surface area contributed by atoms with E-state index in [1.807, 2.05) is 0 Å². The number of aromatic nitrogens is 12. The van der Waals surface area contributed by atoms with Crippen molar-refractivity contribution in [3.63, 3.8) is 0 Å². The van der Waals surface area contributed by atoms with Crippen LogP contribution in [0.5, 0.6) is 0 Å². The summed E-state index contributed by atoms with van der Waals surface area (Å²) in [5.41, 5.74) is 16.3. The third-order valence-corrected chi connectivity index (χ3v) is 13.2. The topological polar surface area (TPSA) is 516 Å². The minimum absolute atomic E-state index is 0.00750. The van der Waals surface area contributed by atoms with Crippen molar-refractivity contribution in [1.82, 2.24) is 58.6 Å². The van der Waals surface area contributed by atoms with Gasteiger partial charge in [0.25, 0.3) is 5.56 Å². The molecule has 0 amide bonds. The molecule has 2 unspecified atom stereocenters. The lowest BCUT2D eigenvalue weighted by Gasteiger charge is -2.26. The number of aromatic amines is 1. The number of rotatable bonds is 16. The van der Waals surface area contributed by atoms with Crippen LogP contribution in [0.4, 0.5) is 17.6 Å². The van der Waals surface area contributed by atoms with E-state index in [1.165, 1.54) is 10.9 Å². The predicted octanol–water partition coefficient (Wildman–Crippen LogP) is -4.20. The molecule has 3 aliphatic rings. The van der Waals surface area contributed by atoms with Crippen LogP contribution in [0.15, 0.2) is 36.4 Å². The van der Waals surface area contributed by atoms with E-state index in [2.05, 4.69) is 44.9 Å². The minimum Gasteiger partial charge on any atom is -0.394 e. The Balaban J connectivity index is 0.942. The molecule has 0 aromatic carbocycles. The van der Waals surface area contributed by atoms with Crippen molar-refractivity contribution >= 4 is 74.5 Å². The first-order valence-corrected chi connectivity index (χ1v) is 23.9. The third-order valence-electron chi connectivity index (χ3n) is 10.7. The van der Waals surface area contributed by atoms with Crippen LogP contribution in [0.3, 0.4) is 0 Å². The van der Waals surface area contributed by atoms with Gasteiger partial charge in [-0.2, -0.15) is 4.98 Å². The molecule has 3 fully saturated rings. The summed E-state index contributed by atoms with van der Waals surface area (Å²) >= 11 is 0. The van der Waals surface area contributed by atoms with Gasteiger partial charge in [0.1, 0.15) is 78.6 Å². The quantitative estimate of drug-likeness (QED) is 0.0409. The van der Waals surface area contributed by atoms with Crippen molar-refractivity contribution in [2.24, 2.45) is 0 Å². The number of hydrogen-bond donors (Lipinski definition) is 12. The fourth-order valence-corrected chi connectivity index (χ4v) is 10.3. The maximum absolute atomic E-state index is 13.7. The van der Waals surface area contributed by atoms with Gasteiger partial charge in [0.2, 0.25) is 5.95 Å². The summed E-state index contributed by atoms with van der Waals surface area (Å²) in [4.78, 5) is 87.9. The van der Waals surface area contributed by atoms with E-state index < -0.39 is 128 Å². The molecule has 0 saturated carbocycles. The van der Waals surface area contributed by atoms with Crippen LogP contribution in [0.2, 0.25) is 0 Å². The van der Waals surface area contributed by atoms with Gasteiger partial charge in [-0.25, -0.2) is 48.6 Å². The minimum atomic E-state index is -5.56. The molecule has 14 atom stereocenters. The van der Waals surface area contributed by atoms with Gasteiger partial charge in [-0.1, -0.05) is 0 Å². The van der Waals surface area contributed by atoms with Crippen molar-refractivity contribution in [1.29, 1.82) is 0 Å². The van der Waals surface area contributed by atoms with E-state index in [1.54, 1.807) is 0 Å². The van der Waals surface area contributed by atoms with Gasteiger partial charge in [-0.15, -0.1) is 0 Å². The van der Waals surface area contributed by atoms with Gasteiger partial charge in [0, 0.05) is 0 Å².